The highest BCUT2D eigenvalue weighted by atomic mass is 15.3. The van der Waals surface area contributed by atoms with Crippen LogP contribution in [0.4, 0.5) is 0 Å². The third-order valence-electron chi connectivity index (χ3n) is 4.22. The maximum absolute atomic E-state index is 6.54. The lowest BCUT2D eigenvalue weighted by atomic mass is 9.77. The summed E-state index contributed by atoms with van der Waals surface area (Å²) in [6, 6.07) is 0. The predicted molar refractivity (Wildman–Crippen MR) is 61.8 cm³/mol. The van der Waals surface area contributed by atoms with E-state index in [9.17, 15) is 0 Å². The number of hydrogen-bond donors (Lipinski definition) is 1. The van der Waals surface area contributed by atoms with Crippen molar-refractivity contribution in [1.82, 2.24) is 14.8 Å². The van der Waals surface area contributed by atoms with Crippen LogP contribution in [0.2, 0.25) is 0 Å². The molecule has 4 nitrogen and oxygen atoms in total. The second kappa shape index (κ2) is 3.55. The highest BCUT2D eigenvalue weighted by Crippen LogP contribution is 2.37. The van der Waals surface area contributed by atoms with E-state index in [-0.39, 0.29) is 5.54 Å². The zero-order valence-electron chi connectivity index (χ0n) is 9.95. The van der Waals surface area contributed by atoms with Gasteiger partial charge in [0.15, 0.2) is 5.82 Å². The van der Waals surface area contributed by atoms with Crippen molar-refractivity contribution in [2.45, 2.75) is 57.5 Å². The van der Waals surface area contributed by atoms with Crippen LogP contribution in [0.3, 0.4) is 0 Å². The Kier molecular flexibility index (Phi) is 2.28. The molecule has 3 rings (SSSR count). The molecule has 2 N–H and O–H groups in total. The number of rotatable bonds is 1. The molecule has 0 radical (unpaired) electrons. The fourth-order valence-corrected chi connectivity index (χ4v) is 3.02. The molecule has 1 fully saturated rings. The molecule has 2 heterocycles. The number of hydrogen-bond acceptors (Lipinski definition) is 3. The lowest BCUT2D eigenvalue weighted by Crippen LogP contribution is -2.42. The Morgan fingerprint density at radius 1 is 1.31 bits per heavy atom. The van der Waals surface area contributed by atoms with Gasteiger partial charge in [-0.05, 0) is 38.0 Å². The van der Waals surface area contributed by atoms with Crippen LogP contribution in [0.15, 0.2) is 0 Å². The first-order chi connectivity index (χ1) is 7.69. The van der Waals surface area contributed by atoms with Gasteiger partial charge in [-0.25, -0.2) is 0 Å². The monoisotopic (exact) mass is 220 g/mol. The van der Waals surface area contributed by atoms with E-state index in [1.54, 1.807) is 0 Å². The van der Waals surface area contributed by atoms with Crippen molar-refractivity contribution in [1.29, 1.82) is 0 Å². The molecule has 1 aliphatic heterocycles. The SMILES string of the molecule is CC1CCC(N)(c2nnc3n2CCC3)CC1. The maximum atomic E-state index is 6.54. The summed E-state index contributed by atoms with van der Waals surface area (Å²) < 4.78 is 2.26. The number of fused-ring (bicyclic) bond motifs is 1. The van der Waals surface area contributed by atoms with Crippen LogP contribution in [0, 0.1) is 5.92 Å². The summed E-state index contributed by atoms with van der Waals surface area (Å²) in [5, 5.41) is 8.62. The molecule has 0 spiro atoms. The standard InChI is InChI=1S/C12H20N4/c1-9-4-6-12(13,7-5-9)11-15-14-10-3-2-8-16(10)11/h9H,2-8,13H2,1H3. The van der Waals surface area contributed by atoms with Gasteiger partial charge in [-0.15, -0.1) is 10.2 Å². The third-order valence-corrected chi connectivity index (χ3v) is 4.22. The van der Waals surface area contributed by atoms with E-state index >= 15 is 0 Å². The van der Waals surface area contributed by atoms with Gasteiger partial charge in [-0.2, -0.15) is 0 Å². The lowest BCUT2D eigenvalue weighted by molar-refractivity contribution is 0.231. The molecule has 1 saturated carbocycles. The van der Waals surface area contributed by atoms with E-state index in [4.69, 9.17) is 5.73 Å². The number of nitrogens with zero attached hydrogens (tertiary/aromatic N) is 3. The Hall–Kier alpha value is -0.900. The highest BCUT2D eigenvalue weighted by Gasteiger charge is 2.37. The molecule has 0 atom stereocenters. The zero-order chi connectivity index (χ0) is 11.2. The van der Waals surface area contributed by atoms with Crippen LogP contribution in [-0.4, -0.2) is 14.8 Å². The second-order valence-corrected chi connectivity index (χ2v) is 5.53. The summed E-state index contributed by atoms with van der Waals surface area (Å²) in [4.78, 5) is 0. The van der Waals surface area contributed by atoms with Gasteiger partial charge in [0.2, 0.25) is 0 Å². The van der Waals surface area contributed by atoms with E-state index in [2.05, 4.69) is 21.7 Å². The van der Waals surface area contributed by atoms with Crippen LogP contribution in [0.25, 0.3) is 0 Å². The summed E-state index contributed by atoms with van der Waals surface area (Å²) >= 11 is 0. The molecule has 0 amide bonds. The van der Waals surface area contributed by atoms with Gasteiger partial charge < -0.3 is 10.3 Å². The van der Waals surface area contributed by atoms with Crippen LogP contribution < -0.4 is 5.73 Å². The molecule has 0 aromatic carbocycles. The molecule has 1 aliphatic carbocycles. The first-order valence-electron chi connectivity index (χ1n) is 6.40. The van der Waals surface area contributed by atoms with Crippen LogP contribution >= 0.6 is 0 Å². The van der Waals surface area contributed by atoms with E-state index in [0.29, 0.717) is 0 Å². The molecule has 0 bridgehead atoms. The van der Waals surface area contributed by atoms with Crippen molar-refractivity contribution in [2.75, 3.05) is 0 Å². The smallest absolute Gasteiger partial charge is 0.153 e. The Bertz CT molecular complexity index is 388. The fourth-order valence-electron chi connectivity index (χ4n) is 3.02. The zero-order valence-corrected chi connectivity index (χ0v) is 9.95. The second-order valence-electron chi connectivity index (χ2n) is 5.53. The molecular formula is C12H20N4. The average Bonchev–Trinajstić information content (AvgIpc) is 2.84. The molecule has 88 valence electrons. The summed E-state index contributed by atoms with van der Waals surface area (Å²) in [5.74, 6) is 3.00. The summed E-state index contributed by atoms with van der Waals surface area (Å²) in [6.45, 7) is 3.37. The van der Waals surface area contributed by atoms with Gasteiger partial charge in [-0.3, -0.25) is 0 Å². The lowest BCUT2D eigenvalue weighted by Gasteiger charge is -2.35. The molecule has 16 heavy (non-hydrogen) atoms. The van der Waals surface area contributed by atoms with E-state index in [0.717, 1.165) is 43.4 Å². The molecule has 4 heteroatoms. The van der Waals surface area contributed by atoms with Crippen molar-refractivity contribution in [3.05, 3.63) is 11.6 Å². The Balaban J connectivity index is 1.91. The minimum atomic E-state index is -0.206. The topological polar surface area (TPSA) is 56.7 Å². The van der Waals surface area contributed by atoms with Crippen molar-refractivity contribution in [2.24, 2.45) is 11.7 Å². The van der Waals surface area contributed by atoms with Gasteiger partial charge >= 0.3 is 0 Å². The van der Waals surface area contributed by atoms with E-state index < -0.39 is 0 Å². The number of aryl methyl sites for hydroxylation is 1. The van der Waals surface area contributed by atoms with Crippen LogP contribution in [-0.2, 0) is 18.5 Å². The van der Waals surface area contributed by atoms with Gasteiger partial charge in [0.1, 0.15) is 5.82 Å². The molecule has 2 aliphatic rings. The Morgan fingerprint density at radius 2 is 2.06 bits per heavy atom. The predicted octanol–water partition coefficient (Wildman–Crippen LogP) is 1.59. The molecule has 0 saturated heterocycles. The van der Waals surface area contributed by atoms with Crippen molar-refractivity contribution in [3.63, 3.8) is 0 Å². The van der Waals surface area contributed by atoms with Crippen molar-refractivity contribution >= 4 is 0 Å². The van der Waals surface area contributed by atoms with Gasteiger partial charge in [0, 0.05) is 13.0 Å². The minimum Gasteiger partial charge on any atom is -0.319 e. The minimum absolute atomic E-state index is 0.206. The molecule has 1 aromatic rings. The van der Waals surface area contributed by atoms with Gasteiger partial charge in [0.25, 0.3) is 0 Å². The summed E-state index contributed by atoms with van der Waals surface area (Å²) in [6.07, 6.45) is 6.83. The van der Waals surface area contributed by atoms with Crippen molar-refractivity contribution in [3.8, 4) is 0 Å². The summed E-state index contributed by atoms with van der Waals surface area (Å²) in [7, 11) is 0. The molecule has 0 unspecified atom stereocenters. The number of aromatic nitrogens is 3. The largest absolute Gasteiger partial charge is 0.319 e. The Labute approximate surface area is 96.2 Å². The quantitative estimate of drug-likeness (QED) is 0.782. The third kappa shape index (κ3) is 1.47. The first kappa shape index (κ1) is 10.3. The van der Waals surface area contributed by atoms with Gasteiger partial charge in [-0.1, -0.05) is 6.92 Å². The number of nitrogens with two attached hydrogens (primary N) is 1. The Morgan fingerprint density at radius 3 is 2.81 bits per heavy atom. The van der Waals surface area contributed by atoms with E-state index in [1.165, 1.54) is 19.3 Å². The maximum Gasteiger partial charge on any atom is 0.153 e. The fraction of sp³-hybridized carbons (Fsp3) is 0.833. The normalized spacial score (nSPS) is 34.0. The molecule has 1 aromatic heterocycles. The van der Waals surface area contributed by atoms with E-state index in [1.807, 2.05) is 0 Å². The van der Waals surface area contributed by atoms with Crippen molar-refractivity contribution < 1.29 is 0 Å². The van der Waals surface area contributed by atoms with Gasteiger partial charge in [0.05, 0.1) is 5.54 Å². The molecular weight excluding hydrogens is 200 g/mol. The summed E-state index contributed by atoms with van der Waals surface area (Å²) in [5.41, 5.74) is 6.33. The van der Waals surface area contributed by atoms with Crippen LogP contribution in [0.1, 0.15) is 50.7 Å². The average molecular weight is 220 g/mol. The first-order valence-corrected chi connectivity index (χ1v) is 6.40. The van der Waals surface area contributed by atoms with Crippen LogP contribution in [0.5, 0.6) is 0 Å². The highest BCUT2D eigenvalue weighted by molar-refractivity contribution is 5.12.